The van der Waals surface area contributed by atoms with Crippen LogP contribution in [0.25, 0.3) is 10.9 Å². The van der Waals surface area contributed by atoms with Crippen LogP contribution in [0.4, 0.5) is 0 Å². The molecule has 2 heterocycles. The summed E-state index contributed by atoms with van der Waals surface area (Å²) in [6, 6.07) is 9.62. The Hall–Kier alpha value is -2.14. The number of aromatic nitrogens is 4. The fraction of sp³-hybridized carbons (Fsp3) is 0.375. The summed E-state index contributed by atoms with van der Waals surface area (Å²) in [5.41, 5.74) is 3.58. The number of rotatable bonds is 5. The molecular formula is C16H19N5. The zero-order chi connectivity index (χ0) is 14.2. The highest BCUT2D eigenvalue weighted by Crippen LogP contribution is 2.21. The molecule has 0 atom stereocenters. The van der Waals surface area contributed by atoms with E-state index >= 15 is 0 Å². The molecule has 1 fully saturated rings. The molecule has 0 aliphatic heterocycles. The second kappa shape index (κ2) is 5.00. The molecule has 5 nitrogen and oxygen atoms in total. The van der Waals surface area contributed by atoms with Gasteiger partial charge in [-0.25, -0.2) is 0 Å². The number of benzene rings is 1. The lowest BCUT2D eigenvalue weighted by molar-refractivity contribution is 0.688. The Balaban J connectivity index is 1.56. The molecule has 0 bridgehead atoms. The normalized spacial score (nSPS) is 14.9. The zero-order valence-electron chi connectivity index (χ0n) is 12.2. The van der Waals surface area contributed by atoms with Crippen molar-refractivity contribution in [2.24, 2.45) is 7.05 Å². The highest BCUT2D eigenvalue weighted by molar-refractivity contribution is 5.81. The van der Waals surface area contributed by atoms with E-state index in [9.17, 15) is 0 Å². The molecule has 3 aromatic rings. The minimum atomic E-state index is 0.752. The maximum Gasteiger partial charge on any atom is 0.102 e. The molecule has 21 heavy (non-hydrogen) atoms. The maximum absolute atomic E-state index is 4.15. The van der Waals surface area contributed by atoms with Crippen molar-refractivity contribution in [2.45, 2.75) is 32.0 Å². The molecule has 0 radical (unpaired) electrons. The first kappa shape index (κ1) is 12.6. The SMILES string of the molecule is Cn1cc(Cn2ccc3cc(CNC4CC4)ccc32)nn1. The van der Waals surface area contributed by atoms with Crippen molar-refractivity contribution in [3.05, 3.63) is 47.9 Å². The van der Waals surface area contributed by atoms with E-state index < -0.39 is 0 Å². The van der Waals surface area contributed by atoms with Gasteiger partial charge in [-0.05, 0) is 42.0 Å². The van der Waals surface area contributed by atoms with Gasteiger partial charge in [-0.15, -0.1) is 5.10 Å². The lowest BCUT2D eigenvalue weighted by Crippen LogP contribution is -2.15. The summed E-state index contributed by atoms with van der Waals surface area (Å²) in [6.45, 7) is 1.73. The molecule has 0 saturated heterocycles. The second-order valence-electron chi connectivity index (χ2n) is 5.88. The minimum Gasteiger partial charge on any atom is -0.341 e. The summed E-state index contributed by atoms with van der Waals surface area (Å²) in [7, 11) is 1.89. The molecule has 1 N–H and O–H groups in total. The van der Waals surface area contributed by atoms with Crippen LogP contribution in [-0.2, 0) is 20.1 Å². The van der Waals surface area contributed by atoms with Crippen LogP contribution in [0.2, 0.25) is 0 Å². The second-order valence-corrected chi connectivity index (χ2v) is 5.88. The van der Waals surface area contributed by atoms with Gasteiger partial charge in [0.05, 0.1) is 6.54 Å². The van der Waals surface area contributed by atoms with E-state index in [0.29, 0.717) is 0 Å². The van der Waals surface area contributed by atoms with Gasteiger partial charge >= 0.3 is 0 Å². The van der Waals surface area contributed by atoms with Crippen LogP contribution in [0.5, 0.6) is 0 Å². The average Bonchev–Trinajstić information content (AvgIpc) is 3.11. The van der Waals surface area contributed by atoms with Crippen molar-refractivity contribution in [1.29, 1.82) is 0 Å². The van der Waals surface area contributed by atoms with Crippen molar-refractivity contribution in [1.82, 2.24) is 24.9 Å². The Morgan fingerprint density at radius 1 is 1.29 bits per heavy atom. The van der Waals surface area contributed by atoms with E-state index in [4.69, 9.17) is 0 Å². The third kappa shape index (κ3) is 2.69. The van der Waals surface area contributed by atoms with Crippen molar-refractivity contribution >= 4 is 10.9 Å². The van der Waals surface area contributed by atoms with Crippen molar-refractivity contribution in [3.63, 3.8) is 0 Å². The number of fused-ring (bicyclic) bond motifs is 1. The highest BCUT2D eigenvalue weighted by Gasteiger charge is 2.19. The highest BCUT2D eigenvalue weighted by atomic mass is 15.4. The molecule has 1 aromatic carbocycles. The fourth-order valence-corrected chi connectivity index (χ4v) is 2.69. The quantitative estimate of drug-likeness (QED) is 0.779. The standard InChI is InChI=1S/C16H19N5/c1-20-10-15(18-19-20)11-21-7-6-13-8-12(2-5-16(13)21)9-17-14-3-4-14/h2,5-8,10,14,17H,3-4,9,11H2,1H3. The van der Waals surface area contributed by atoms with Crippen molar-refractivity contribution in [3.8, 4) is 0 Å². The monoisotopic (exact) mass is 281 g/mol. The average molecular weight is 281 g/mol. The Labute approximate surface area is 123 Å². The van der Waals surface area contributed by atoms with Crippen LogP contribution >= 0.6 is 0 Å². The first-order valence-electron chi connectivity index (χ1n) is 7.44. The van der Waals surface area contributed by atoms with E-state index in [2.05, 4.69) is 50.7 Å². The smallest absolute Gasteiger partial charge is 0.102 e. The number of hydrogen-bond donors (Lipinski definition) is 1. The van der Waals surface area contributed by atoms with E-state index in [1.54, 1.807) is 4.68 Å². The van der Waals surface area contributed by atoms with Gasteiger partial charge < -0.3 is 9.88 Å². The number of nitrogens with one attached hydrogen (secondary N) is 1. The largest absolute Gasteiger partial charge is 0.341 e. The summed E-state index contributed by atoms with van der Waals surface area (Å²) in [4.78, 5) is 0. The fourth-order valence-electron chi connectivity index (χ4n) is 2.69. The Morgan fingerprint density at radius 2 is 2.19 bits per heavy atom. The summed E-state index contributed by atoms with van der Waals surface area (Å²) in [5.74, 6) is 0. The first-order valence-corrected chi connectivity index (χ1v) is 7.44. The lowest BCUT2D eigenvalue weighted by atomic mass is 10.1. The summed E-state index contributed by atoms with van der Waals surface area (Å²) in [6.07, 6.45) is 6.74. The molecular weight excluding hydrogens is 262 g/mol. The van der Waals surface area contributed by atoms with Gasteiger partial charge in [-0.3, -0.25) is 4.68 Å². The van der Waals surface area contributed by atoms with Crippen molar-refractivity contribution < 1.29 is 0 Å². The molecule has 108 valence electrons. The molecule has 0 amide bonds. The van der Waals surface area contributed by atoms with Crippen LogP contribution in [0.1, 0.15) is 24.1 Å². The number of hydrogen-bond acceptors (Lipinski definition) is 3. The third-order valence-corrected chi connectivity index (χ3v) is 3.99. The first-order chi connectivity index (χ1) is 10.3. The zero-order valence-corrected chi connectivity index (χ0v) is 12.2. The number of aryl methyl sites for hydroxylation is 1. The van der Waals surface area contributed by atoms with E-state index in [1.165, 1.54) is 29.3 Å². The van der Waals surface area contributed by atoms with Crippen LogP contribution in [0.15, 0.2) is 36.7 Å². The van der Waals surface area contributed by atoms with Crippen LogP contribution in [-0.4, -0.2) is 25.6 Å². The van der Waals surface area contributed by atoms with Crippen molar-refractivity contribution in [2.75, 3.05) is 0 Å². The van der Waals surface area contributed by atoms with Gasteiger partial charge in [-0.1, -0.05) is 11.3 Å². The molecule has 2 aromatic heterocycles. The Bertz CT molecular complexity index is 766. The molecule has 4 rings (SSSR count). The molecule has 1 aliphatic rings. The van der Waals surface area contributed by atoms with Gasteiger partial charge in [0.2, 0.25) is 0 Å². The van der Waals surface area contributed by atoms with E-state index in [-0.39, 0.29) is 0 Å². The summed E-state index contributed by atoms with van der Waals surface area (Å²) >= 11 is 0. The van der Waals surface area contributed by atoms with Gasteiger partial charge in [0.1, 0.15) is 5.69 Å². The molecule has 0 unspecified atom stereocenters. The van der Waals surface area contributed by atoms with Gasteiger partial charge in [0, 0.05) is 37.5 Å². The topological polar surface area (TPSA) is 47.7 Å². The molecule has 5 heteroatoms. The lowest BCUT2D eigenvalue weighted by Gasteiger charge is -2.05. The Kier molecular flexibility index (Phi) is 3.00. The van der Waals surface area contributed by atoms with Gasteiger partial charge in [-0.2, -0.15) is 0 Å². The number of nitrogens with zero attached hydrogens (tertiary/aromatic N) is 4. The molecule has 0 spiro atoms. The Morgan fingerprint density at radius 3 is 2.95 bits per heavy atom. The van der Waals surface area contributed by atoms with Gasteiger partial charge in [0.15, 0.2) is 0 Å². The minimum absolute atomic E-state index is 0.752. The van der Waals surface area contributed by atoms with E-state index in [1.807, 2.05) is 13.2 Å². The summed E-state index contributed by atoms with van der Waals surface area (Å²) in [5, 5.41) is 13.0. The molecule has 1 saturated carbocycles. The van der Waals surface area contributed by atoms with Crippen LogP contribution < -0.4 is 5.32 Å². The third-order valence-electron chi connectivity index (χ3n) is 3.99. The predicted octanol–water partition coefficient (Wildman–Crippen LogP) is 2.07. The molecule has 1 aliphatic carbocycles. The maximum atomic E-state index is 4.15. The van der Waals surface area contributed by atoms with Crippen LogP contribution in [0, 0.1) is 0 Å². The van der Waals surface area contributed by atoms with E-state index in [0.717, 1.165) is 24.8 Å². The summed E-state index contributed by atoms with van der Waals surface area (Å²) < 4.78 is 3.96. The van der Waals surface area contributed by atoms with Gasteiger partial charge in [0.25, 0.3) is 0 Å². The predicted molar refractivity (Wildman–Crippen MR) is 81.9 cm³/mol. The van der Waals surface area contributed by atoms with Crippen LogP contribution in [0.3, 0.4) is 0 Å².